The molecule has 1 aliphatic rings. The average molecular weight is 271 g/mol. The zero-order chi connectivity index (χ0) is 13.5. The monoisotopic (exact) mass is 271 g/mol. The maximum atomic E-state index is 12.2. The lowest BCUT2D eigenvalue weighted by Crippen LogP contribution is -2.43. The topological polar surface area (TPSA) is 49.6 Å². The first-order valence-electron chi connectivity index (χ1n) is 6.77. The second kappa shape index (κ2) is 7.69. The minimum Gasteiger partial charge on any atom is -0.393 e. The Balaban J connectivity index is 2.39. The maximum Gasteiger partial charge on any atom is 0.236 e. The minimum atomic E-state index is 0.221. The molecule has 0 aromatic carbocycles. The van der Waals surface area contributed by atoms with Crippen molar-refractivity contribution < 1.29 is 4.79 Å². The number of hydrogen-bond donors (Lipinski definition) is 1. The van der Waals surface area contributed by atoms with E-state index in [9.17, 15) is 4.79 Å². The number of likely N-dealkylation sites (tertiary alicyclic amines) is 1. The molecule has 1 aliphatic heterocycles. The van der Waals surface area contributed by atoms with E-state index in [1.807, 2.05) is 16.8 Å². The fraction of sp³-hybridized carbons (Fsp3) is 0.846. The van der Waals surface area contributed by atoms with Crippen molar-refractivity contribution in [1.82, 2.24) is 9.80 Å². The number of nitrogens with zero attached hydrogens (tertiary/aromatic N) is 2. The Kier molecular flexibility index (Phi) is 6.57. The summed E-state index contributed by atoms with van der Waals surface area (Å²) >= 11 is 4.90. The first-order valence-corrected chi connectivity index (χ1v) is 7.18. The van der Waals surface area contributed by atoms with Crippen molar-refractivity contribution >= 4 is 23.1 Å². The van der Waals surface area contributed by atoms with Gasteiger partial charge in [0, 0.05) is 25.6 Å². The van der Waals surface area contributed by atoms with Crippen molar-refractivity contribution in [1.29, 1.82) is 0 Å². The van der Waals surface area contributed by atoms with Crippen LogP contribution in [-0.4, -0.2) is 53.4 Å². The number of likely N-dealkylation sites (N-methyl/N-ethyl adjacent to an activating group) is 1. The van der Waals surface area contributed by atoms with Gasteiger partial charge in [-0.25, -0.2) is 0 Å². The van der Waals surface area contributed by atoms with Crippen LogP contribution in [0.3, 0.4) is 0 Å². The van der Waals surface area contributed by atoms with E-state index < -0.39 is 0 Å². The van der Waals surface area contributed by atoms with Crippen LogP contribution in [0.15, 0.2) is 0 Å². The Morgan fingerprint density at radius 1 is 1.33 bits per heavy atom. The smallest absolute Gasteiger partial charge is 0.236 e. The van der Waals surface area contributed by atoms with Gasteiger partial charge in [0.25, 0.3) is 0 Å². The number of carbonyl (C=O) groups excluding carboxylic acids is 1. The number of hydrogen-bond acceptors (Lipinski definition) is 3. The summed E-state index contributed by atoms with van der Waals surface area (Å²) in [5, 5.41) is 0. The number of thiocarbonyl (C=S) groups is 1. The molecule has 104 valence electrons. The van der Waals surface area contributed by atoms with E-state index in [1.54, 1.807) is 0 Å². The van der Waals surface area contributed by atoms with Gasteiger partial charge >= 0.3 is 0 Å². The largest absolute Gasteiger partial charge is 0.393 e. The highest BCUT2D eigenvalue weighted by molar-refractivity contribution is 7.80. The minimum absolute atomic E-state index is 0.221. The predicted octanol–water partition coefficient (Wildman–Crippen LogP) is 1.39. The fourth-order valence-corrected chi connectivity index (χ4v) is 2.48. The molecule has 0 aliphatic carbocycles. The van der Waals surface area contributed by atoms with Crippen molar-refractivity contribution in [3.63, 3.8) is 0 Å². The Morgan fingerprint density at radius 3 is 2.39 bits per heavy atom. The van der Waals surface area contributed by atoms with Crippen LogP contribution in [0, 0.1) is 0 Å². The molecular formula is C13H25N3OS. The van der Waals surface area contributed by atoms with Gasteiger partial charge in [-0.1, -0.05) is 25.1 Å². The Bertz CT molecular complexity index is 288. The van der Waals surface area contributed by atoms with E-state index in [-0.39, 0.29) is 11.9 Å². The lowest BCUT2D eigenvalue weighted by Gasteiger charge is -2.27. The standard InChI is InChI=1S/C13H25N3OS/c1-11(9-12(14)18)15(2)10-13(17)16-7-5-3-4-6-8-16/h11H,3-10H2,1-2H3,(H2,14,18). The van der Waals surface area contributed by atoms with Gasteiger partial charge in [0.05, 0.1) is 11.5 Å². The highest BCUT2D eigenvalue weighted by Crippen LogP contribution is 2.10. The number of carbonyl (C=O) groups is 1. The van der Waals surface area contributed by atoms with Gasteiger partial charge in [0.2, 0.25) is 5.91 Å². The first-order chi connectivity index (χ1) is 8.50. The van der Waals surface area contributed by atoms with Crippen molar-refractivity contribution in [3.05, 3.63) is 0 Å². The van der Waals surface area contributed by atoms with Crippen LogP contribution in [0.5, 0.6) is 0 Å². The van der Waals surface area contributed by atoms with Crippen LogP contribution in [0.25, 0.3) is 0 Å². The lowest BCUT2D eigenvalue weighted by atomic mass is 10.2. The van der Waals surface area contributed by atoms with E-state index in [0.717, 1.165) is 25.9 Å². The fourth-order valence-electron chi connectivity index (χ4n) is 2.24. The van der Waals surface area contributed by atoms with Crippen molar-refractivity contribution in [2.45, 2.75) is 45.1 Å². The summed E-state index contributed by atoms with van der Waals surface area (Å²) in [5.74, 6) is 0.231. The van der Waals surface area contributed by atoms with Gasteiger partial charge in [-0.15, -0.1) is 0 Å². The summed E-state index contributed by atoms with van der Waals surface area (Å²) in [4.78, 5) is 16.7. The summed E-state index contributed by atoms with van der Waals surface area (Å²) in [7, 11) is 1.96. The third kappa shape index (κ3) is 5.31. The van der Waals surface area contributed by atoms with E-state index in [4.69, 9.17) is 18.0 Å². The molecular weight excluding hydrogens is 246 g/mol. The summed E-state index contributed by atoms with van der Waals surface area (Å²) < 4.78 is 0. The van der Waals surface area contributed by atoms with Gasteiger partial charge in [-0.3, -0.25) is 9.69 Å². The molecule has 1 atom stereocenters. The molecule has 0 aromatic rings. The van der Waals surface area contributed by atoms with Crippen LogP contribution < -0.4 is 5.73 Å². The zero-order valence-corrected chi connectivity index (χ0v) is 12.3. The molecule has 1 heterocycles. The molecule has 2 N–H and O–H groups in total. The van der Waals surface area contributed by atoms with E-state index in [0.29, 0.717) is 18.0 Å². The van der Waals surface area contributed by atoms with Crippen LogP contribution in [0.2, 0.25) is 0 Å². The van der Waals surface area contributed by atoms with E-state index in [1.165, 1.54) is 12.8 Å². The highest BCUT2D eigenvalue weighted by Gasteiger charge is 2.19. The normalized spacial score (nSPS) is 18.5. The molecule has 0 spiro atoms. The molecule has 1 amide bonds. The van der Waals surface area contributed by atoms with Gasteiger partial charge in [0.15, 0.2) is 0 Å². The lowest BCUT2D eigenvalue weighted by molar-refractivity contribution is -0.132. The van der Waals surface area contributed by atoms with Crippen molar-refractivity contribution in [2.24, 2.45) is 5.73 Å². The molecule has 0 bridgehead atoms. The Morgan fingerprint density at radius 2 is 1.89 bits per heavy atom. The summed E-state index contributed by atoms with van der Waals surface area (Å²) in [6.07, 6.45) is 5.43. The molecule has 0 aromatic heterocycles. The van der Waals surface area contributed by atoms with Crippen LogP contribution >= 0.6 is 12.2 Å². The second-order valence-corrected chi connectivity index (χ2v) is 5.75. The van der Waals surface area contributed by atoms with E-state index >= 15 is 0 Å². The van der Waals surface area contributed by atoms with Gasteiger partial charge in [-0.2, -0.15) is 0 Å². The summed E-state index contributed by atoms with van der Waals surface area (Å²) in [5.41, 5.74) is 5.53. The Hall–Kier alpha value is -0.680. The van der Waals surface area contributed by atoms with Crippen LogP contribution in [0.4, 0.5) is 0 Å². The van der Waals surface area contributed by atoms with Gasteiger partial charge in [0.1, 0.15) is 0 Å². The molecule has 0 radical (unpaired) electrons. The third-order valence-corrected chi connectivity index (χ3v) is 3.76. The van der Waals surface area contributed by atoms with Crippen molar-refractivity contribution in [2.75, 3.05) is 26.7 Å². The molecule has 4 nitrogen and oxygen atoms in total. The van der Waals surface area contributed by atoms with Crippen LogP contribution in [-0.2, 0) is 4.79 Å². The van der Waals surface area contributed by atoms with Crippen LogP contribution in [0.1, 0.15) is 39.0 Å². The zero-order valence-electron chi connectivity index (χ0n) is 11.5. The quantitative estimate of drug-likeness (QED) is 0.768. The molecule has 5 heteroatoms. The van der Waals surface area contributed by atoms with Gasteiger partial charge in [-0.05, 0) is 26.8 Å². The number of amides is 1. The molecule has 1 rings (SSSR count). The second-order valence-electron chi connectivity index (χ2n) is 5.23. The van der Waals surface area contributed by atoms with Crippen molar-refractivity contribution in [3.8, 4) is 0 Å². The molecule has 1 unspecified atom stereocenters. The molecule has 1 fully saturated rings. The Labute approximate surface area is 115 Å². The summed E-state index contributed by atoms with van der Waals surface area (Å²) in [6, 6.07) is 0.221. The maximum absolute atomic E-state index is 12.2. The number of nitrogens with two attached hydrogens (primary N) is 1. The molecule has 18 heavy (non-hydrogen) atoms. The molecule has 1 saturated heterocycles. The highest BCUT2D eigenvalue weighted by atomic mass is 32.1. The average Bonchev–Trinajstić information content (AvgIpc) is 2.56. The first kappa shape index (κ1) is 15.4. The van der Waals surface area contributed by atoms with E-state index in [2.05, 4.69) is 6.92 Å². The predicted molar refractivity (Wildman–Crippen MR) is 78.5 cm³/mol. The SMILES string of the molecule is CC(CC(N)=S)N(C)CC(=O)N1CCCCCC1. The summed E-state index contributed by atoms with van der Waals surface area (Å²) in [6.45, 7) is 4.34. The molecule has 0 saturated carbocycles. The third-order valence-electron chi connectivity index (χ3n) is 3.59. The number of rotatable bonds is 5. The van der Waals surface area contributed by atoms with Gasteiger partial charge < -0.3 is 10.6 Å².